The predicted molar refractivity (Wildman–Crippen MR) is 71.0 cm³/mol. The molecule has 0 aromatic carbocycles. The molecule has 0 spiro atoms. The van der Waals surface area contributed by atoms with E-state index in [0.717, 1.165) is 12.5 Å². The van der Waals surface area contributed by atoms with E-state index < -0.39 is 0 Å². The van der Waals surface area contributed by atoms with E-state index in [1.54, 1.807) is 0 Å². The average Bonchev–Trinajstić information content (AvgIpc) is 2.90. The summed E-state index contributed by atoms with van der Waals surface area (Å²) in [4.78, 5) is 4.20. The zero-order valence-electron chi connectivity index (χ0n) is 11.1. The second-order valence-corrected chi connectivity index (χ2v) is 5.23. The summed E-state index contributed by atoms with van der Waals surface area (Å²) in [5, 5.41) is 3.71. The van der Waals surface area contributed by atoms with Gasteiger partial charge in [-0.1, -0.05) is 20.3 Å². The van der Waals surface area contributed by atoms with Gasteiger partial charge in [0.1, 0.15) is 0 Å². The lowest BCUT2D eigenvalue weighted by Gasteiger charge is -2.37. The van der Waals surface area contributed by atoms with Crippen molar-refractivity contribution in [3.63, 3.8) is 0 Å². The molecule has 0 aliphatic heterocycles. The van der Waals surface area contributed by atoms with Crippen molar-refractivity contribution in [3.8, 4) is 0 Å². The molecule has 1 heterocycles. The molecule has 0 radical (unpaired) electrons. The number of nitrogens with zero attached hydrogens (tertiary/aromatic N) is 2. The van der Waals surface area contributed by atoms with Crippen LogP contribution in [-0.4, -0.2) is 22.1 Å². The van der Waals surface area contributed by atoms with Gasteiger partial charge in [0, 0.05) is 18.4 Å². The van der Waals surface area contributed by atoms with Crippen LogP contribution in [0, 0.1) is 5.92 Å². The zero-order valence-corrected chi connectivity index (χ0v) is 11.1. The molecule has 17 heavy (non-hydrogen) atoms. The number of hydrogen-bond donors (Lipinski definition) is 1. The molecule has 1 aromatic rings. The third-order valence-electron chi connectivity index (χ3n) is 4.07. The van der Waals surface area contributed by atoms with E-state index in [-0.39, 0.29) is 0 Å². The van der Waals surface area contributed by atoms with Crippen LogP contribution in [0.15, 0.2) is 18.7 Å². The monoisotopic (exact) mass is 235 g/mol. The summed E-state index contributed by atoms with van der Waals surface area (Å²) in [5.74, 6) is 0.891. The van der Waals surface area contributed by atoms with E-state index in [4.69, 9.17) is 0 Å². The lowest BCUT2D eigenvalue weighted by molar-refractivity contribution is 0.202. The molecule has 0 saturated heterocycles. The second-order valence-electron chi connectivity index (χ2n) is 5.23. The Hall–Kier alpha value is -0.830. The fourth-order valence-electron chi connectivity index (χ4n) is 2.97. The molecule has 3 heteroatoms. The molecule has 3 atom stereocenters. The molecule has 1 saturated carbocycles. The summed E-state index contributed by atoms with van der Waals surface area (Å²) < 4.78 is 2.30. The van der Waals surface area contributed by atoms with Gasteiger partial charge >= 0.3 is 0 Å². The Morgan fingerprint density at radius 3 is 2.88 bits per heavy atom. The normalized spacial score (nSPS) is 29.4. The zero-order chi connectivity index (χ0) is 12.1. The predicted octanol–water partition coefficient (Wildman–Crippen LogP) is 3.00. The van der Waals surface area contributed by atoms with Gasteiger partial charge in [0.2, 0.25) is 0 Å². The van der Waals surface area contributed by atoms with Crippen molar-refractivity contribution in [2.45, 2.75) is 58.0 Å². The Morgan fingerprint density at radius 2 is 2.24 bits per heavy atom. The molecule has 1 aromatic heterocycles. The second kappa shape index (κ2) is 6.20. The summed E-state index contributed by atoms with van der Waals surface area (Å²) >= 11 is 0. The quantitative estimate of drug-likeness (QED) is 0.850. The van der Waals surface area contributed by atoms with E-state index in [1.165, 1.54) is 32.1 Å². The Kier molecular flexibility index (Phi) is 4.60. The fraction of sp³-hybridized carbons (Fsp3) is 0.786. The van der Waals surface area contributed by atoms with E-state index in [2.05, 4.69) is 34.9 Å². The molecule has 1 fully saturated rings. The molecular formula is C14H25N3. The minimum absolute atomic E-state index is 0.600. The topological polar surface area (TPSA) is 29.9 Å². The van der Waals surface area contributed by atoms with Crippen LogP contribution >= 0.6 is 0 Å². The SMILES string of the molecule is CCCNC1CCC(CC)CC1n1ccnc1. The summed E-state index contributed by atoms with van der Waals surface area (Å²) in [6.45, 7) is 5.68. The van der Waals surface area contributed by atoms with Crippen molar-refractivity contribution >= 4 is 0 Å². The van der Waals surface area contributed by atoms with Crippen LogP contribution in [0.25, 0.3) is 0 Å². The largest absolute Gasteiger partial charge is 0.333 e. The number of imidazole rings is 1. The smallest absolute Gasteiger partial charge is 0.0949 e. The molecule has 0 bridgehead atoms. The van der Waals surface area contributed by atoms with Gasteiger partial charge in [0.15, 0.2) is 0 Å². The first-order valence-electron chi connectivity index (χ1n) is 7.06. The van der Waals surface area contributed by atoms with Gasteiger partial charge in [-0.3, -0.25) is 0 Å². The van der Waals surface area contributed by atoms with Crippen LogP contribution in [-0.2, 0) is 0 Å². The van der Waals surface area contributed by atoms with Gasteiger partial charge in [0.25, 0.3) is 0 Å². The lowest BCUT2D eigenvalue weighted by atomic mass is 9.81. The molecule has 1 N–H and O–H groups in total. The maximum absolute atomic E-state index is 4.20. The van der Waals surface area contributed by atoms with E-state index in [0.29, 0.717) is 12.1 Å². The van der Waals surface area contributed by atoms with Crippen molar-refractivity contribution in [2.75, 3.05) is 6.54 Å². The van der Waals surface area contributed by atoms with E-state index in [9.17, 15) is 0 Å². The molecule has 1 aliphatic carbocycles. The summed E-state index contributed by atoms with van der Waals surface area (Å²) in [6, 6.07) is 1.23. The van der Waals surface area contributed by atoms with Crippen LogP contribution in [0.1, 0.15) is 52.0 Å². The minimum atomic E-state index is 0.600. The lowest BCUT2D eigenvalue weighted by Crippen LogP contribution is -2.41. The maximum Gasteiger partial charge on any atom is 0.0949 e. The fourth-order valence-corrected chi connectivity index (χ4v) is 2.97. The molecular weight excluding hydrogens is 210 g/mol. The van der Waals surface area contributed by atoms with Crippen LogP contribution < -0.4 is 5.32 Å². The van der Waals surface area contributed by atoms with Crippen LogP contribution in [0.4, 0.5) is 0 Å². The van der Waals surface area contributed by atoms with Gasteiger partial charge in [-0.15, -0.1) is 0 Å². The summed E-state index contributed by atoms with van der Waals surface area (Å²) in [5.41, 5.74) is 0. The van der Waals surface area contributed by atoms with E-state index >= 15 is 0 Å². The van der Waals surface area contributed by atoms with Gasteiger partial charge < -0.3 is 9.88 Å². The molecule has 3 nitrogen and oxygen atoms in total. The Labute approximate surface area is 105 Å². The third kappa shape index (κ3) is 3.09. The number of nitrogens with one attached hydrogen (secondary N) is 1. The number of aromatic nitrogens is 2. The van der Waals surface area contributed by atoms with Crippen LogP contribution in [0.3, 0.4) is 0 Å². The van der Waals surface area contributed by atoms with Gasteiger partial charge in [-0.2, -0.15) is 0 Å². The first kappa shape index (κ1) is 12.6. The molecule has 2 rings (SSSR count). The Balaban J connectivity index is 2.04. The highest BCUT2D eigenvalue weighted by molar-refractivity contribution is 4.92. The van der Waals surface area contributed by atoms with Crippen molar-refractivity contribution in [2.24, 2.45) is 5.92 Å². The first-order valence-corrected chi connectivity index (χ1v) is 7.06. The Morgan fingerprint density at radius 1 is 1.35 bits per heavy atom. The standard InChI is InChI=1S/C14H25N3/c1-3-7-16-13-6-5-12(4-2)10-14(13)17-9-8-15-11-17/h8-9,11-14,16H,3-7,10H2,1-2H3. The highest BCUT2D eigenvalue weighted by Gasteiger charge is 2.30. The van der Waals surface area contributed by atoms with Crippen molar-refractivity contribution < 1.29 is 0 Å². The van der Waals surface area contributed by atoms with Crippen LogP contribution in [0.5, 0.6) is 0 Å². The maximum atomic E-state index is 4.20. The highest BCUT2D eigenvalue weighted by Crippen LogP contribution is 2.34. The third-order valence-corrected chi connectivity index (χ3v) is 4.07. The van der Waals surface area contributed by atoms with Gasteiger partial charge in [-0.25, -0.2) is 4.98 Å². The summed E-state index contributed by atoms with van der Waals surface area (Å²) in [7, 11) is 0. The minimum Gasteiger partial charge on any atom is -0.333 e. The van der Waals surface area contributed by atoms with Crippen molar-refractivity contribution in [1.82, 2.24) is 14.9 Å². The van der Waals surface area contributed by atoms with Crippen molar-refractivity contribution in [3.05, 3.63) is 18.7 Å². The number of hydrogen-bond acceptors (Lipinski definition) is 2. The molecule has 0 amide bonds. The molecule has 3 unspecified atom stereocenters. The highest BCUT2D eigenvalue weighted by atomic mass is 15.1. The Bertz CT molecular complexity index is 307. The van der Waals surface area contributed by atoms with Gasteiger partial charge in [0.05, 0.1) is 12.4 Å². The molecule has 96 valence electrons. The first-order chi connectivity index (χ1) is 8.35. The average molecular weight is 235 g/mol. The van der Waals surface area contributed by atoms with E-state index in [1.807, 2.05) is 12.5 Å². The molecule has 1 aliphatic rings. The van der Waals surface area contributed by atoms with Crippen molar-refractivity contribution in [1.29, 1.82) is 0 Å². The summed E-state index contributed by atoms with van der Waals surface area (Å²) in [6.07, 6.45) is 12.5. The van der Waals surface area contributed by atoms with Crippen LogP contribution in [0.2, 0.25) is 0 Å². The van der Waals surface area contributed by atoms with Gasteiger partial charge in [-0.05, 0) is 38.1 Å². The number of rotatable bonds is 5.